The zero-order chi connectivity index (χ0) is 18.9. The molecule has 0 saturated carbocycles. The van der Waals surface area contributed by atoms with Crippen LogP contribution in [0.4, 0.5) is 0 Å². The van der Waals surface area contributed by atoms with Gasteiger partial charge in [-0.2, -0.15) is 0 Å². The van der Waals surface area contributed by atoms with E-state index in [0.29, 0.717) is 37.2 Å². The van der Waals surface area contributed by atoms with Crippen molar-refractivity contribution in [2.45, 2.75) is 124 Å². The van der Waals surface area contributed by atoms with E-state index in [-0.39, 0.29) is 0 Å². The predicted molar refractivity (Wildman–Crippen MR) is 109 cm³/mol. The van der Waals surface area contributed by atoms with E-state index in [2.05, 4.69) is 27.7 Å². The van der Waals surface area contributed by atoms with Gasteiger partial charge in [-0.1, -0.05) is 79.1 Å². The Balaban J connectivity index is 3.55. The van der Waals surface area contributed by atoms with Crippen molar-refractivity contribution >= 4 is 11.6 Å². The lowest BCUT2D eigenvalue weighted by atomic mass is 9.95. The highest BCUT2D eigenvalue weighted by Gasteiger charge is 2.08. The molecule has 0 fully saturated rings. The number of hydrogen-bond acceptors (Lipinski definition) is 2. The molecule has 0 aromatic heterocycles. The average molecular weight is 353 g/mol. The Morgan fingerprint density at radius 2 is 0.840 bits per heavy atom. The SMILES string of the molecule is CCC(CC)CCCCC(=O)CCCC(=O)CCCCC(CC)CC. The molecule has 0 aliphatic heterocycles. The minimum absolute atomic E-state index is 0.353. The summed E-state index contributed by atoms with van der Waals surface area (Å²) in [6.07, 6.45) is 15.3. The Hall–Kier alpha value is -0.660. The lowest BCUT2D eigenvalue weighted by molar-refractivity contribution is -0.120. The molecule has 0 unspecified atom stereocenters. The van der Waals surface area contributed by atoms with Crippen LogP contribution in [0, 0.1) is 11.8 Å². The summed E-state index contributed by atoms with van der Waals surface area (Å²) >= 11 is 0. The fourth-order valence-electron chi connectivity index (χ4n) is 3.64. The summed E-state index contributed by atoms with van der Waals surface area (Å²) in [5, 5.41) is 0. The van der Waals surface area contributed by atoms with Crippen LogP contribution in [0.15, 0.2) is 0 Å². The zero-order valence-corrected chi connectivity index (χ0v) is 17.6. The second kappa shape index (κ2) is 16.8. The molecule has 25 heavy (non-hydrogen) atoms. The first-order chi connectivity index (χ1) is 12.1. The Kier molecular flexibility index (Phi) is 16.3. The van der Waals surface area contributed by atoms with Gasteiger partial charge < -0.3 is 0 Å². The van der Waals surface area contributed by atoms with E-state index < -0.39 is 0 Å². The van der Waals surface area contributed by atoms with E-state index in [1.54, 1.807) is 0 Å². The van der Waals surface area contributed by atoms with Crippen LogP contribution in [0.5, 0.6) is 0 Å². The van der Waals surface area contributed by atoms with Gasteiger partial charge in [0.2, 0.25) is 0 Å². The van der Waals surface area contributed by atoms with E-state index in [4.69, 9.17) is 0 Å². The summed E-state index contributed by atoms with van der Waals surface area (Å²) in [6.45, 7) is 9.01. The van der Waals surface area contributed by atoms with E-state index >= 15 is 0 Å². The molecule has 0 heterocycles. The van der Waals surface area contributed by atoms with Crippen LogP contribution >= 0.6 is 0 Å². The van der Waals surface area contributed by atoms with Crippen molar-refractivity contribution in [3.63, 3.8) is 0 Å². The fourth-order valence-corrected chi connectivity index (χ4v) is 3.64. The van der Waals surface area contributed by atoms with E-state index in [9.17, 15) is 9.59 Å². The first-order valence-electron chi connectivity index (χ1n) is 11.1. The van der Waals surface area contributed by atoms with Gasteiger partial charge in [0, 0.05) is 25.7 Å². The first kappa shape index (κ1) is 24.3. The average Bonchev–Trinajstić information content (AvgIpc) is 2.62. The van der Waals surface area contributed by atoms with Gasteiger partial charge >= 0.3 is 0 Å². The highest BCUT2D eigenvalue weighted by Crippen LogP contribution is 2.18. The Bertz CT molecular complexity index is 295. The largest absolute Gasteiger partial charge is 0.300 e. The lowest BCUT2D eigenvalue weighted by Gasteiger charge is -2.11. The van der Waals surface area contributed by atoms with Crippen molar-refractivity contribution in [1.29, 1.82) is 0 Å². The van der Waals surface area contributed by atoms with Crippen LogP contribution < -0.4 is 0 Å². The number of unbranched alkanes of at least 4 members (excludes halogenated alkanes) is 2. The summed E-state index contributed by atoms with van der Waals surface area (Å²) in [4.78, 5) is 23.8. The summed E-state index contributed by atoms with van der Waals surface area (Å²) in [5.74, 6) is 2.37. The van der Waals surface area contributed by atoms with Crippen molar-refractivity contribution in [2.75, 3.05) is 0 Å². The second-order valence-corrected chi connectivity index (χ2v) is 7.79. The molecular formula is C23H44O2. The Morgan fingerprint density at radius 1 is 0.520 bits per heavy atom. The minimum Gasteiger partial charge on any atom is -0.300 e. The van der Waals surface area contributed by atoms with E-state index in [1.165, 1.54) is 51.4 Å². The minimum atomic E-state index is 0.353. The monoisotopic (exact) mass is 352 g/mol. The van der Waals surface area contributed by atoms with E-state index in [1.807, 2.05) is 0 Å². The summed E-state index contributed by atoms with van der Waals surface area (Å²) in [5.41, 5.74) is 0. The van der Waals surface area contributed by atoms with Gasteiger partial charge in [0.15, 0.2) is 0 Å². The Morgan fingerprint density at radius 3 is 1.16 bits per heavy atom. The van der Waals surface area contributed by atoms with Crippen LogP contribution in [0.2, 0.25) is 0 Å². The molecule has 0 N–H and O–H groups in total. The number of hydrogen-bond donors (Lipinski definition) is 0. The zero-order valence-electron chi connectivity index (χ0n) is 17.6. The molecule has 0 rings (SSSR count). The third kappa shape index (κ3) is 14.2. The third-order valence-electron chi connectivity index (χ3n) is 5.86. The molecule has 0 saturated heterocycles. The normalized spacial score (nSPS) is 11.4. The van der Waals surface area contributed by atoms with Crippen LogP contribution in [0.3, 0.4) is 0 Å². The van der Waals surface area contributed by atoms with Crippen LogP contribution in [-0.4, -0.2) is 11.6 Å². The van der Waals surface area contributed by atoms with Crippen molar-refractivity contribution in [3.05, 3.63) is 0 Å². The molecule has 2 heteroatoms. The molecule has 0 atom stereocenters. The maximum absolute atomic E-state index is 11.9. The molecule has 0 spiro atoms. The van der Waals surface area contributed by atoms with E-state index in [0.717, 1.165) is 31.1 Å². The smallest absolute Gasteiger partial charge is 0.132 e. The van der Waals surface area contributed by atoms with Crippen molar-refractivity contribution < 1.29 is 9.59 Å². The summed E-state index contributed by atoms with van der Waals surface area (Å²) in [6, 6.07) is 0. The van der Waals surface area contributed by atoms with Crippen molar-refractivity contribution in [2.24, 2.45) is 11.8 Å². The molecule has 0 radical (unpaired) electrons. The molecule has 0 aromatic rings. The number of rotatable bonds is 18. The van der Waals surface area contributed by atoms with Crippen LogP contribution in [0.25, 0.3) is 0 Å². The summed E-state index contributed by atoms with van der Waals surface area (Å²) in [7, 11) is 0. The Labute approximate surface area is 157 Å². The highest BCUT2D eigenvalue weighted by molar-refractivity contribution is 5.81. The van der Waals surface area contributed by atoms with Gasteiger partial charge in [-0.3, -0.25) is 9.59 Å². The molecule has 0 aliphatic rings. The standard InChI is InChI=1S/C23H44O2/c1-5-20(6-2)14-9-11-16-22(24)18-13-19-23(25)17-12-10-15-21(7-3)8-4/h20-21H,5-19H2,1-4H3. The van der Waals surface area contributed by atoms with Crippen molar-refractivity contribution in [1.82, 2.24) is 0 Å². The predicted octanol–water partition coefficient (Wildman–Crippen LogP) is 7.29. The second-order valence-electron chi connectivity index (χ2n) is 7.79. The van der Waals surface area contributed by atoms with Crippen LogP contribution in [-0.2, 0) is 9.59 Å². The topological polar surface area (TPSA) is 34.1 Å². The lowest BCUT2D eigenvalue weighted by Crippen LogP contribution is -2.03. The maximum atomic E-state index is 11.9. The third-order valence-corrected chi connectivity index (χ3v) is 5.86. The van der Waals surface area contributed by atoms with Gasteiger partial charge in [-0.15, -0.1) is 0 Å². The number of ketones is 2. The fraction of sp³-hybridized carbons (Fsp3) is 0.913. The first-order valence-corrected chi connectivity index (χ1v) is 11.1. The molecule has 0 aromatic carbocycles. The molecule has 2 nitrogen and oxygen atoms in total. The maximum Gasteiger partial charge on any atom is 0.132 e. The molecule has 0 amide bonds. The highest BCUT2D eigenvalue weighted by atomic mass is 16.1. The van der Waals surface area contributed by atoms with Gasteiger partial charge in [0.25, 0.3) is 0 Å². The van der Waals surface area contributed by atoms with Gasteiger partial charge in [-0.05, 0) is 31.1 Å². The van der Waals surface area contributed by atoms with Crippen LogP contribution in [0.1, 0.15) is 124 Å². The van der Waals surface area contributed by atoms with Gasteiger partial charge in [0.1, 0.15) is 11.6 Å². The molecule has 148 valence electrons. The molecule has 0 aliphatic carbocycles. The molecule has 0 bridgehead atoms. The number of carbonyl (C=O) groups excluding carboxylic acids is 2. The van der Waals surface area contributed by atoms with Gasteiger partial charge in [0.05, 0.1) is 0 Å². The number of Topliss-reactive ketones (excluding diaryl/α,β-unsaturated/α-hetero) is 2. The summed E-state index contributed by atoms with van der Waals surface area (Å²) < 4.78 is 0. The number of carbonyl (C=O) groups is 2. The van der Waals surface area contributed by atoms with Crippen molar-refractivity contribution in [3.8, 4) is 0 Å². The quantitative estimate of drug-likeness (QED) is 0.243. The van der Waals surface area contributed by atoms with Gasteiger partial charge in [-0.25, -0.2) is 0 Å². The molecular weight excluding hydrogens is 308 g/mol.